The molecule has 3 aromatic carbocycles. The summed E-state index contributed by atoms with van der Waals surface area (Å²) in [6.07, 6.45) is 1.52. The summed E-state index contributed by atoms with van der Waals surface area (Å²) in [6, 6.07) is 19.6. The Morgan fingerprint density at radius 3 is 2.61 bits per heavy atom. The van der Waals surface area contributed by atoms with Crippen LogP contribution in [0.3, 0.4) is 0 Å². The highest BCUT2D eigenvalue weighted by atomic mass is 35.5. The Bertz CT molecular complexity index is 1250. The number of nitrogens with one attached hydrogen (secondary N) is 1. The zero-order chi connectivity index (χ0) is 23.2. The molecule has 1 amide bonds. The van der Waals surface area contributed by atoms with E-state index in [1.165, 1.54) is 6.08 Å². The van der Waals surface area contributed by atoms with Crippen LogP contribution in [-0.4, -0.2) is 12.7 Å². The number of carbonyl (C=O) groups excluding carboxylic acids is 1. The van der Waals surface area contributed by atoms with Gasteiger partial charge in [-0.05, 0) is 53.6 Å². The summed E-state index contributed by atoms with van der Waals surface area (Å²) in [5.74, 6) is 1.47. The fourth-order valence-corrected chi connectivity index (χ4v) is 3.57. The van der Waals surface area contributed by atoms with Gasteiger partial charge < -0.3 is 19.5 Å². The van der Waals surface area contributed by atoms with Gasteiger partial charge in [-0.15, -0.1) is 0 Å². The van der Waals surface area contributed by atoms with Crippen molar-refractivity contribution in [1.29, 1.82) is 5.26 Å². The molecule has 0 saturated carbocycles. The Kier molecular flexibility index (Phi) is 7.04. The number of fused-ring (bicyclic) bond motifs is 1. The second-order valence-corrected chi connectivity index (χ2v) is 7.98. The predicted octanol–water partition coefficient (Wildman–Crippen LogP) is 5.52. The molecule has 4 rings (SSSR count). The first-order valence-electron chi connectivity index (χ1n) is 9.97. The van der Waals surface area contributed by atoms with Crippen molar-refractivity contribution in [2.24, 2.45) is 0 Å². The standard InChI is InChI=1S/C25H18Cl2N2O4/c26-20-5-4-18(22(27)11-20)14-31-21-6-1-16(2-7-21)9-19(12-28)25(30)29-13-17-3-8-23-24(10-17)33-15-32-23/h1-11H,13-15H2,(H,29,30). The van der Waals surface area contributed by atoms with Crippen LogP contribution >= 0.6 is 23.2 Å². The molecule has 1 aliphatic heterocycles. The van der Waals surface area contributed by atoms with E-state index in [9.17, 15) is 10.1 Å². The summed E-state index contributed by atoms with van der Waals surface area (Å²) >= 11 is 12.1. The number of ether oxygens (including phenoxy) is 3. The molecule has 0 saturated heterocycles. The second kappa shape index (κ2) is 10.3. The second-order valence-electron chi connectivity index (χ2n) is 7.13. The van der Waals surface area contributed by atoms with Gasteiger partial charge >= 0.3 is 0 Å². The maximum atomic E-state index is 12.5. The minimum atomic E-state index is -0.465. The van der Waals surface area contributed by atoms with Crippen molar-refractivity contribution in [2.45, 2.75) is 13.2 Å². The summed E-state index contributed by atoms with van der Waals surface area (Å²) in [5.41, 5.74) is 2.35. The quantitative estimate of drug-likeness (QED) is 0.355. The van der Waals surface area contributed by atoms with Crippen molar-refractivity contribution < 1.29 is 19.0 Å². The molecule has 0 aliphatic carbocycles. The van der Waals surface area contributed by atoms with Gasteiger partial charge in [0.15, 0.2) is 11.5 Å². The third-order valence-corrected chi connectivity index (χ3v) is 5.44. The molecule has 33 heavy (non-hydrogen) atoms. The van der Waals surface area contributed by atoms with Crippen LogP contribution in [0, 0.1) is 11.3 Å². The summed E-state index contributed by atoms with van der Waals surface area (Å²) < 4.78 is 16.4. The molecule has 8 heteroatoms. The number of hydrogen-bond donors (Lipinski definition) is 1. The van der Waals surface area contributed by atoms with Crippen LogP contribution in [0.25, 0.3) is 6.08 Å². The number of halogens is 2. The molecule has 1 heterocycles. The van der Waals surface area contributed by atoms with Crippen molar-refractivity contribution in [3.05, 3.63) is 93.0 Å². The van der Waals surface area contributed by atoms with Gasteiger partial charge in [0, 0.05) is 22.2 Å². The van der Waals surface area contributed by atoms with Gasteiger partial charge in [0.25, 0.3) is 5.91 Å². The highest BCUT2D eigenvalue weighted by Gasteiger charge is 2.14. The molecule has 0 fully saturated rings. The summed E-state index contributed by atoms with van der Waals surface area (Å²) in [5, 5.41) is 13.3. The maximum absolute atomic E-state index is 12.5. The van der Waals surface area contributed by atoms with E-state index >= 15 is 0 Å². The van der Waals surface area contributed by atoms with E-state index in [1.54, 1.807) is 48.5 Å². The molecule has 6 nitrogen and oxygen atoms in total. The number of amides is 1. The zero-order valence-corrected chi connectivity index (χ0v) is 18.8. The van der Waals surface area contributed by atoms with Gasteiger partial charge in [0.2, 0.25) is 6.79 Å². The SMILES string of the molecule is N#CC(=Cc1ccc(OCc2ccc(Cl)cc2Cl)cc1)C(=O)NCc1ccc2c(c1)OCO2. The lowest BCUT2D eigenvalue weighted by atomic mass is 10.1. The van der Waals surface area contributed by atoms with Gasteiger partial charge in [-0.25, -0.2) is 0 Å². The Morgan fingerprint density at radius 2 is 1.85 bits per heavy atom. The van der Waals surface area contributed by atoms with Crippen LogP contribution in [-0.2, 0) is 17.9 Å². The third kappa shape index (κ3) is 5.78. The fourth-order valence-electron chi connectivity index (χ4n) is 3.10. The van der Waals surface area contributed by atoms with E-state index < -0.39 is 5.91 Å². The Morgan fingerprint density at radius 1 is 1.06 bits per heavy atom. The minimum absolute atomic E-state index is 0.00245. The molecule has 0 atom stereocenters. The molecule has 1 N–H and O–H groups in total. The lowest BCUT2D eigenvalue weighted by Gasteiger charge is -2.08. The van der Waals surface area contributed by atoms with Crippen LogP contribution in [0.2, 0.25) is 10.0 Å². The highest BCUT2D eigenvalue weighted by molar-refractivity contribution is 6.35. The van der Waals surface area contributed by atoms with E-state index in [1.807, 2.05) is 18.2 Å². The molecule has 0 aromatic heterocycles. The van der Waals surface area contributed by atoms with Crippen LogP contribution in [0.5, 0.6) is 17.2 Å². The number of nitriles is 1. The maximum Gasteiger partial charge on any atom is 0.262 e. The van der Waals surface area contributed by atoms with Gasteiger partial charge in [-0.2, -0.15) is 5.26 Å². The first-order valence-corrected chi connectivity index (χ1v) is 10.7. The first-order chi connectivity index (χ1) is 16.0. The van der Waals surface area contributed by atoms with Crippen LogP contribution < -0.4 is 19.5 Å². The van der Waals surface area contributed by atoms with Crippen LogP contribution in [0.4, 0.5) is 0 Å². The van der Waals surface area contributed by atoms with Gasteiger partial charge in [0.1, 0.15) is 24.0 Å². The van der Waals surface area contributed by atoms with Gasteiger partial charge in [-0.3, -0.25) is 4.79 Å². The van der Waals surface area contributed by atoms with Crippen molar-refractivity contribution in [3.8, 4) is 23.3 Å². The first kappa shape index (κ1) is 22.5. The largest absolute Gasteiger partial charge is 0.489 e. The Labute approximate surface area is 200 Å². The molecule has 0 spiro atoms. The number of hydrogen-bond acceptors (Lipinski definition) is 5. The van der Waals surface area contributed by atoms with E-state index in [0.29, 0.717) is 32.9 Å². The third-order valence-electron chi connectivity index (χ3n) is 4.86. The molecular weight excluding hydrogens is 463 g/mol. The molecule has 166 valence electrons. The predicted molar refractivity (Wildman–Crippen MR) is 125 cm³/mol. The van der Waals surface area contributed by atoms with E-state index in [2.05, 4.69) is 5.32 Å². The van der Waals surface area contributed by atoms with Crippen molar-refractivity contribution in [2.75, 3.05) is 6.79 Å². The van der Waals surface area contributed by atoms with Gasteiger partial charge in [0.05, 0.1) is 0 Å². The average molecular weight is 481 g/mol. The smallest absolute Gasteiger partial charge is 0.262 e. The summed E-state index contributed by atoms with van der Waals surface area (Å²) in [4.78, 5) is 12.5. The molecular formula is C25H18Cl2N2O4. The van der Waals surface area contributed by atoms with Crippen LogP contribution in [0.15, 0.2) is 66.2 Å². The molecule has 0 radical (unpaired) electrons. The van der Waals surface area contributed by atoms with Crippen molar-refractivity contribution in [1.82, 2.24) is 5.32 Å². The van der Waals surface area contributed by atoms with E-state index in [0.717, 1.165) is 11.1 Å². The normalized spacial score (nSPS) is 12.2. The van der Waals surface area contributed by atoms with Crippen molar-refractivity contribution >= 4 is 35.2 Å². The molecule has 0 unspecified atom stereocenters. The zero-order valence-electron chi connectivity index (χ0n) is 17.3. The number of rotatable bonds is 7. The summed E-state index contributed by atoms with van der Waals surface area (Å²) in [6.45, 7) is 0.733. The lowest BCUT2D eigenvalue weighted by Crippen LogP contribution is -2.23. The monoisotopic (exact) mass is 480 g/mol. The summed E-state index contributed by atoms with van der Waals surface area (Å²) in [7, 11) is 0. The highest BCUT2D eigenvalue weighted by Crippen LogP contribution is 2.32. The number of benzene rings is 3. The Hall–Kier alpha value is -3.66. The Balaban J connectivity index is 1.35. The lowest BCUT2D eigenvalue weighted by molar-refractivity contribution is -0.117. The number of carbonyl (C=O) groups is 1. The van der Waals surface area contributed by atoms with Gasteiger partial charge in [-0.1, -0.05) is 47.5 Å². The average Bonchev–Trinajstić information content (AvgIpc) is 3.29. The molecule has 1 aliphatic rings. The number of nitrogens with zero attached hydrogens (tertiary/aromatic N) is 1. The fraction of sp³-hybridized carbons (Fsp3) is 0.120. The topological polar surface area (TPSA) is 80.6 Å². The van der Waals surface area contributed by atoms with Crippen molar-refractivity contribution in [3.63, 3.8) is 0 Å². The minimum Gasteiger partial charge on any atom is -0.489 e. The van der Waals surface area contributed by atoms with E-state index in [-0.39, 0.29) is 25.5 Å². The van der Waals surface area contributed by atoms with E-state index in [4.69, 9.17) is 37.4 Å². The van der Waals surface area contributed by atoms with Crippen LogP contribution in [0.1, 0.15) is 16.7 Å². The molecule has 0 bridgehead atoms. The molecule has 3 aromatic rings.